The van der Waals surface area contributed by atoms with E-state index in [2.05, 4.69) is 5.32 Å². The number of hydrogen-bond donors (Lipinski definition) is 3. The lowest BCUT2D eigenvalue weighted by Gasteiger charge is -2.34. The molecule has 0 spiro atoms. The van der Waals surface area contributed by atoms with E-state index in [0.29, 0.717) is 22.5 Å². The van der Waals surface area contributed by atoms with Crippen LogP contribution in [-0.2, 0) is 20.9 Å². The Labute approximate surface area is 161 Å². The van der Waals surface area contributed by atoms with Gasteiger partial charge in [-0.1, -0.05) is 12.1 Å². The molecule has 2 aromatic carbocycles. The van der Waals surface area contributed by atoms with Crippen LogP contribution in [0.3, 0.4) is 0 Å². The van der Waals surface area contributed by atoms with Crippen LogP contribution in [-0.4, -0.2) is 47.4 Å². The zero-order valence-electron chi connectivity index (χ0n) is 14.9. The Morgan fingerprint density at radius 1 is 1.25 bits per heavy atom. The van der Waals surface area contributed by atoms with Crippen LogP contribution in [0, 0.1) is 11.3 Å². The Morgan fingerprint density at radius 3 is 2.54 bits per heavy atom. The number of carbonyl (C=O) groups is 2. The fourth-order valence-corrected chi connectivity index (χ4v) is 2.85. The Kier molecular flexibility index (Phi) is 6.01. The monoisotopic (exact) mass is 381 g/mol. The van der Waals surface area contributed by atoms with Crippen molar-refractivity contribution in [3.63, 3.8) is 0 Å². The molecule has 3 rings (SSSR count). The summed E-state index contributed by atoms with van der Waals surface area (Å²) in [7, 11) is 0. The predicted molar refractivity (Wildman–Crippen MR) is 100 cm³/mol. The van der Waals surface area contributed by atoms with Crippen molar-refractivity contribution in [2.45, 2.75) is 18.8 Å². The van der Waals surface area contributed by atoms with Crippen LogP contribution in [0.4, 0.5) is 11.4 Å². The first kappa shape index (κ1) is 19.5. The molecular formula is C20H19N3O5. The average Bonchev–Trinajstić information content (AvgIpc) is 2.74. The fraction of sp³-hybridized carbons (Fsp3) is 0.250. The van der Waals surface area contributed by atoms with Gasteiger partial charge in [-0.3, -0.25) is 9.59 Å². The maximum Gasteiger partial charge on any atom is 0.259 e. The van der Waals surface area contributed by atoms with Gasteiger partial charge in [0.05, 0.1) is 24.8 Å². The van der Waals surface area contributed by atoms with E-state index >= 15 is 0 Å². The maximum absolute atomic E-state index is 12.7. The standard InChI is InChI=1S/C20H19N3O5/c21-11-13-1-5-15(6-2-13)22-19(26)17(25)18-20(27)23(9-10-28-18)16-7-3-14(12-24)4-8-16/h1-8,17-18,24-25H,9-10,12H2,(H,22,26)/t17?,18-/m1/s1. The molecule has 8 heteroatoms. The molecular weight excluding hydrogens is 362 g/mol. The minimum atomic E-state index is -1.69. The first-order chi connectivity index (χ1) is 13.5. The lowest BCUT2D eigenvalue weighted by Crippen LogP contribution is -2.55. The summed E-state index contributed by atoms with van der Waals surface area (Å²) in [5.41, 5.74) is 2.13. The Bertz CT molecular complexity index is 890. The Balaban J connectivity index is 1.69. The predicted octanol–water partition coefficient (Wildman–Crippen LogP) is 0.782. The number of amides is 2. The highest BCUT2D eigenvalue weighted by atomic mass is 16.5. The normalized spacial score (nSPS) is 17.7. The number of nitriles is 1. The third kappa shape index (κ3) is 4.18. The summed E-state index contributed by atoms with van der Waals surface area (Å²) in [5, 5.41) is 30.8. The summed E-state index contributed by atoms with van der Waals surface area (Å²) in [6, 6.07) is 14.9. The van der Waals surface area contributed by atoms with Gasteiger partial charge in [-0.2, -0.15) is 5.26 Å². The average molecular weight is 381 g/mol. The first-order valence-corrected chi connectivity index (χ1v) is 8.65. The number of aliphatic hydroxyl groups excluding tert-OH is 2. The molecule has 8 nitrogen and oxygen atoms in total. The molecule has 1 unspecified atom stereocenters. The lowest BCUT2D eigenvalue weighted by atomic mass is 10.1. The minimum absolute atomic E-state index is 0.103. The second-order valence-electron chi connectivity index (χ2n) is 6.23. The molecule has 0 saturated carbocycles. The van der Waals surface area contributed by atoms with E-state index in [1.807, 2.05) is 6.07 Å². The largest absolute Gasteiger partial charge is 0.392 e. The van der Waals surface area contributed by atoms with E-state index < -0.39 is 24.0 Å². The number of carbonyl (C=O) groups excluding carboxylic acids is 2. The smallest absolute Gasteiger partial charge is 0.259 e. The zero-order chi connectivity index (χ0) is 20.1. The van der Waals surface area contributed by atoms with Gasteiger partial charge in [-0.05, 0) is 42.0 Å². The fourth-order valence-electron chi connectivity index (χ4n) is 2.85. The van der Waals surface area contributed by atoms with Gasteiger partial charge in [0.2, 0.25) is 0 Å². The molecule has 1 aliphatic rings. The zero-order valence-corrected chi connectivity index (χ0v) is 14.9. The van der Waals surface area contributed by atoms with Crippen LogP contribution < -0.4 is 10.2 Å². The van der Waals surface area contributed by atoms with E-state index in [0.717, 1.165) is 0 Å². The van der Waals surface area contributed by atoms with Crippen molar-refractivity contribution in [2.75, 3.05) is 23.4 Å². The molecule has 1 aliphatic heterocycles. The lowest BCUT2D eigenvalue weighted by molar-refractivity contribution is -0.150. The van der Waals surface area contributed by atoms with Gasteiger partial charge < -0.3 is 25.2 Å². The molecule has 28 heavy (non-hydrogen) atoms. The molecule has 2 amide bonds. The first-order valence-electron chi connectivity index (χ1n) is 8.65. The number of nitrogens with one attached hydrogen (secondary N) is 1. The number of nitrogens with zero attached hydrogens (tertiary/aromatic N) is 2. The van der Waals surface area contributed by atoms with Crippen molar-refractivity contribution in [2.24, 2.45) is 0 Å². The van der Waals surface area contributed by atoms with Crippen LogP contribution in [0.25, 0.3) is 0 Å². The van der Waals surface area contributed by atoms with E-state index in [9.17, 15) is 14.7 Å². The van der Waals surface area contributed by atoms with Gasteiger partial charge in [0.1, 0.15) is 0 Å². The minimum Gasteiger partial charge on any atom is -0.392 e. The SMILES string of the molecule is N#Cc1ccc(NC(=O)C(O)[C@H]2OCCN(c3ccc(CO)cc3)C2=O)cc1. The van der Waals surface area contributed by atoms with Crippen molar-refractivity contribution >= 4 is 23.2 Å². The van der Waals surface area contributed by atoms with Gasteiger partial charge in [-0.25, -0.2) is 0 Å². The van der Waals surface area contributed by atoms with Crippen molar-refractivity contribution in [1.82, 2.24) is 0 Å². The third-order valence-corrected chi connectivity index (χ3v) is 4.39. The molecule has 2 aromatic rings. The Hall–Kier alpha value is -3.25. The summed E-state index contributed by atoms with van der Waals surface area (Å²) in [5.74, 6) is -1.30. The molecule has 2 atom stereocenters. The highest BCUT2D eigenvalue weighted by molar-refractivity contribution is 6.03. The van der Waals surface area contributed by atoms with E-state index in [1.165, 1.54) is 29.2 Å². The molecule has 1 saturated heterocycles. The van der Waals surface area contributed by atoms with Gasteiger partial charge in [-0.15, -0.1) is 0 Å². The van der Waals surface area contributed by atoms with Crippen LogP contribution in [0.5, 0.6) is 0 Å². The summed E-state index contributed by atoms with van der Waals surface area (Å²) < 4.78 is 5.36. The third-order valence-electron chi connectivity index (χ3n) is 4.39. The maximum atomic E-state index is 12.7. The van der Waals surface area contributed by atoms with Crippen LogP contribution >= 0.6 is 0 Å². The van der Waals surface area contributed by atoms with E-state index in [-0.39, 0.29) is 19.8 Å². The van der Waals surface area contributed by atoms with Gasteiger partial charge in [0, 0.05) is 17.9 Å². The van der Waals surface area contributed by atoms with Gasteiger partial charge in [0.15, 0.2) is 12.2 Å². The molecule has 0 radical (unpaired) electrons. The quantitative estimate of drug-likeness (QED) is 0.703. The number of anilines is 2. The van der Waals surface area contributed by atoms with Crippen molar-refractivity contribution in [3.05, 3.63) is 59.7 Å². The van der Waals surface area contributed by atoms with Crippen molar-refractivity contribution in [3.8, 4) is 6.07 Å². The second kappa shape index (κ2) is 8.63. The molecule has 0 bridgehead atoms. The highest BCUT2D eigenvalue weighted by Crippen LogP contribution is 2.21. The van der Waals surface area contributed by atoms with Gasteiger partial charge in [0.25, 0.3) is 11.8 Å². The Morgan fingerprint density at radius 2 is 1.93 bits per heavy atom. The number of morpholine rings is 1. The van der Waals surface area contributed by atoms with Gasteiger partial charge >= 0.3 is 0 Å². The summed E-state index contributed by atoms with van der Waals surface area (Å²) in [6.07, 6.45) is -3.02. The molecule has 144 valence electrons. The van der Waals surface area contributed by atoms with Crippen LogP contribution in [0.15, 0.2) is 48.5 Å². The van der Waals surface area contributed by atoms with Crippen LogP contribution in [0.1, 0.15) is 11.1 Å². The number of hydrogen-bond acceptors (Lipinski definition) is 6. The number of benzene rings is 2. The molecule has 1 heterocycles. The summed E-state index contributed by atoms with van der Waals surface area (Å²) in [4.78, 5) is 26.5. The molecule has 1 fully saturated rings. The number of aliphatic hydroxyl groups is 2. The second-order valence-corrected chi connectivity index (χ2v) is 6.23. The van der Waals surface area contributed by atoms with E-state index in [1.54, 1.807) is 24.3 Å². The van der Waals surface area contributed by atoms with Crippen molar-refractivity contribution in [1.29, 1.82) is 5.26 Å². The highest BCUT2D eigenvalue weighted by Gasteiger charge is 2.39. The molecule has 0 aromatic heterocycles. The summed E-state index contributed by atoms with van der Waals surface area (Å²) in [6.45, 7) is 0.353. The number of rotatable bonds is 5. The summed E-state index contributed by atoms with van der Waals surface area (Å²) >= 11 is 0. The van der Waals surface area contributed by atoms with Crippen molar-refractivity contribution < 1.29 is 24.5 Å². The molecule has 3 N–H and O–H groups in total. The topological polar surface area (TPSA) is 123 Å². The van der Waals surface area contributed by atoms with E-state index in [4.69, 9.17) is 15.1 Å². The number of ether oxygens (including phenoxy) is 1. The van der Waals surface area contributed by atoms with Crippen LogP contribution in [0.2, 0.25) is 0 Å². The molecule has 0 aliphatic carbocycles.